The van der Waals surface area contributed by atoms with Gasteiger partial charge in [-0.2, -0.15) is 10.2 Å². The third-order valence-electron chi connectivity index (χ3n) is 3.17. The Morgan fingerprint density at radius 2 is 2.21 bits per heavy atom. The predicted octanol–water partition coefficient (Wildman–Crippen LogP) is 2.70. The molecule has 0 aliphatic heterocycles. The minimum absolute atomic E-state index is 0.374. The summed E-state index contributed by atoms with van der Waals surface area (Å²) in [7, 11) is 2.14. The van der Waals surface area contributed by atoms with Crippen molar-refractivity contribution in [1.82, 2.24) is 24.9 Å². The third-order valence-corrected chi connectivity index (χ3v) is 3.17. The highest BCUT2D eigenvalue weighted by molar-refractivity contribution is 5.60. The number of hydrogen-bond acceptors (Lipinski definition) is 3. The molecule has 0 aromatic carbocycles. The molecule has 5 heteroatoms. The molecule has 0 saturated carbocycles. The summed E-state index contributed by atoms with van der Waals surface area (Å²) in [4.78, 5) is 2.31. The van der Waals surface area contributed by atoms with Crippen molar-refractivity contribution in [1.29, 1.82) is 0 Å². The lowest BCUT2D eigenvalue weighted by atomic mass is 10.1. The van der Waals surface area contributed by atoms with E-state index in [1.54, 1.807) is 0 Å². The van der Waals surface area contributed by atoms with Gasteiger partial charge in [0.25, 0.3) is 0 Å². The summed E-state index contributed by atoms with van der Waals surface area (Å²) in [5.41, 5.74) is 3.31. The first kappa shape index (κ1) is 13.8. The molecule has 0 aliphatic carbocycles. The van der Waals surface area contributed by atoms with E-state index in [9.17, 15) is 0 Å². The van der Waals surface area contributed by atoms with E-state index in [0.717, 1.165) is 30.8 Å². The van der Waals surface area contributed by atoms with Crippen molar-refractivity contribution in [2.45, 2.75) is 39.8 Å². The van der Waals surface area contributed by atoms with E-state index < -0.39 is 0 Å². The molecule has 0 fully saturated rings. The van der Waals surface area contributed by atoms with Gasteiger partial charge in [0, 0.05) is 36.1 Å². The molecule has 2 aromatic rings. The number of nitrogens with one attached hydrogen (secondary N) is 1. The van der Waals surface area contributed by atoms with Crippen molar-refractivity contribution in [2.75, 3.05) is 13.6 Å². The minimum atomic E-state index is 0.374. The fourth-order valence-electron chi connectivity index (χ4n) is 2.18. The lowest BCUT2D eigenvalue weighted by Gasteiger charge is -2.14. The van der Waals surface area contributed by atoms with Crippen molar-refractivity contribution in [3.05, 3.63) is 24.2 Å². The molecule has 0 atom stereocenters. The van der Waals surface area contributed by atoms with Gasteiger partial charge in [0.1, 0.15) is 0 Å². The van der Waals surface area contributed by atoms with Gasteiger partial charge in [-0.1, -0.05) is 6.92 Å². The number of H-pyrrole nitrogens is 1. The molecule has 0 aliphatic rings. The van der Waals surface area contributed by atoms with Gasteiger partial charge in [-0.3, -0.25) is 9.78 Å². The Morgan fingerprint density at radius 1 is 1.42 bits per heavy atom. The van der Waals surface area contributed by atoms with Crippen LogP contribution in [0.3, 0.4) is 0 Å². The Labute approximate surface area is 114 Å². The maximum absolute atomic E-state index is 4.38. The number of aromatic nitrogens is 4. The van der Waals surface area contributed by atoms with Crippen molar-refractivity contribution in [3.63, 3.8) is 0 Å². The fourth-order valence-corrected chi connectivity index (χ4v) is 2.18. The zero-order valence-corrected chi connectivity index (χ0v) is 12.2. The molecule has 0 saturated heterocycles. The van der Waals surface area contributed by atoms with Gasteiger partial charge in [0.15, 0.2) is 0 Å². The van der Waals surface area contributed by atoms with E-state index in [1.807, 2.05) is 17.1 Å². The first-order chi connectivity index (χ1) is 9.11. The van der Waals surface area contributed by atoms with Gasteiger partial charge in [0.05, 0.1) is 11.9 Å². The van der Waals surface area contributed by atoms with Gasteiger partial charge in [-0.05, 0) is 33.9 Å². The fraction of sp³-hybridized carbons (Fsp3) is 0.571. The lowest BCUT2D eigenvalue weighted by molar-refractivity contribution is 0.328. The van der Waals surface area contributed by atoms with Crippen LogP contribution in [0.2, 0.25) is 0 Å². The topological polar surface area (TPSA) is 49.7 Å². The van der Waals surface area contributed by atoms with E-state index in [2.05, 4.69) is 54.2 Å². The van der Waals surface area contributed by atoms with Crippen molar-refractivity contribution in [2.24, 2.45) is 0 Å². The van der Waals surface area contributed by atoms with Crippen molar-refractivity contribution in [3.8, 4) is 11.3 Å². The summed E-state index contributed by atoms with van der Waals surface area (Å²) in [5, 5.41) is 11.7. The van der Waals surface area contributed by atoms with E-state index in [0.29, 0.717) is 6.04 Å². The van der Waals surface area contributed by atoms with Crippen LogP contribution in [0, 0.1) is 0 Å². The average molecular weight is 261 g/mol. The van der Waals surface area contributed by atoms with Crippen LogP contribution >= 0.6 is 0 Å². The van der Waals surface area contributed by atoms with Gasteiger partial charge >= 0.3 is 0 Å². The quantitative estimate of drug-likeness (QED) is 0.869. The molecular formula is C14H23N5. The molecular weight excluding hydrogens is 238 g/mol. The molecule has 2 rings (SSSR count). The smallest absolute Gasteiger partial charge is 0.0997 e. The van der Waals surface area contributed by atoms with Crippen LogP contribution in [-0.4, -0.2) is 38.5 Å². The van der Waals surface area contributed by atoms with Crippen molar-refractivity contribution >= 4 is 0 Å². The summed E-state index contributed by atoms with van der Waals surface area (Å²) in [6.07, 6.45) is 7.09. The number of rotatable bonds is 6. The molecule has 1 N–H and O–H groups in total. The first-order valence-electron chi connectivity index (χ1n) is 6.87. The highest BCUT2D eigenvalue weighted by atomic mass is 15.3. The Morgan fingerprint density at radius 3 is 2.84 bits per heavy atom. The Bertz CT molecular complexity index is 511. The number of nitrogens with zero attached hydrogens (tertiary/aromatic N) is 4. The second-order valence-corrected chi connectivity index (χ2v) is 5.30. The molecule has 0 unspecified atom stereocenters. The molecule has 2 heterocycles. The molecule has 0 bridgehead atoms. The maximum atomic E-state index is 4.38. The second kappa shape index (κ2) is 6.02. The normalized spacial score (nSPS) is 11.7. The molecule has 19 heavy (non-hydrogen) atoms. The zero-order valence-electron chi connectivity index (χ0n) is 12.2. The Hall–Kier alpha value is -1.62. The first-order valence-corrected chi connectivity index (χ1v) is 6.87. The van der Waals surface area contributed by atoms with Gasteiger partial charge in [-0.15, -0.1) is 0 Å². The van der Waals surface area contributed by atoms with Gasteiger partial charge < -0.3 is 4.90 Å². The van der Waals surface area contributed by atoms with Crippen LogP contribution in [0.1, 0.15) is 38.8 Å². The molecule has 0 amide bonds. The Balaban J connectivity index is 2.18. The molecule has 0 radical (unpaired) electrons. The van der Waals surface area contributed by atoms with Crippen molar-refractivity contribution < 1.29 is 0 Å². The zero-order chi connectivity index (χ0) is 13.8. The summed E-state index contributed by atoms with van der Waals surface area (Å²) < 4.78 is 1.96. The maximum Gasteiger partial charge on any atom is 0.0997 e. The number of aromatic amines is 1. The summed E-state index contributed by atoms with van der Waals surface area (Å²) in [6, 6.07) is 0.374. The van der Waals surface area contributed by atoms with Crippen LogP contribution in [0.5, 0.6) is 0 Å². The summed E-state index contributed by atoms with van der Waals surface area (Å²) >= 11 is 0. The highest BCUT2D eigenvalue weighted by Crippen LogP contribution is 2.22. The average Bonchev–Trinajstić information content (AvgIpc) is 2.96. The van der Waals surface area contributed by atoms with Crippen LogP contribution < -0.4 is 0 Å². The highest BCUT2D eigenvalue weighted by Gasteiger charge is 2.12. The van der Waals surface area contributed by atoms with E-state index in [1.165, 1.54) is 5.56 Å². The predicted molar refractivity (Wildman–Crippen MR) is 76.8 cm³/mol. The van der Waals surface area contributed by atoms with Crippen LogP contribution in [0.25, 0.3) is 11.3 Å². The largest absolute Gasteiger partial charge is 0.302 e. The third kappa shape index (κ3) is 3.23. The van der Waals surface area contributed by atoms with Gasteiger partial charge in [-0.25, -0.2) is 0 Å². The monoisotopic (exact) mass is 261 g/mol. The molecule has 104 valence electrons. The second-order valence-electron chi connectivity index (χ2n) is 5.30. The van der Waals surface area contributed by atoms with E-state index in [4.69, 9.17) is 0 Å². The lowest BCUT2D eigenvalue weighted by Crippen LogP contribution is -2.18. The SMILES string of the molecule is CCCN(C)Cc1c[nH]nc1-c1cnn(C(C)C)c1. The standard InChI is InChI=1S/C14H23N5/c1-5-6-18(4)9-12-7-15-17-14(12)13-8-16-19(10-13)11(2)3/h7-8,10-11H,5-6,9H2,1-4H3,(H,15,17). The number of hydrogen-bond donors (Lipinski definition) is 1. The minimum Gasteiger partial charge on any atom is -0.302 e. The van der Waals surface area contributed by atoms with Crippen LogP contribution in [-0.2, 0) is 6.54 Å². The summed E-state index contributed by atoms with van der Waals surface area (Å²) in [5.74, 6) is 0. The van der Waals surface area contributed by atoms with E-state index >= 15 is 0 Å². The van der Waals surface area contributed by atoms with Crippen LogP contribution in [0.4, 0.5) is 0 Å². The summed E-state index contributed by atoms with van der Waals surface area (Å²) in [6.45, 7) is 8.44. The van der Waals surface area contributed by atoms with Crippen LogP contribution in [0.15, 0.2) is 18.6 Å². The van der Waals surface area contributed by atoms with Gasteiger partial charge in [0.2, 0.25) is 0 Å². The molecule has 2 aromatic heterocycles. The van der Waals surface area contributed by atoms with E-state index in [-0.39, 0.29) is 0 Å². The molecule has 0 spiro atoms. The molecule has 5 nitrogen and oxygen atoms in total. The Kier molecular flexibility index (Phi) is 4.37.